The smallest absolute Gasteiger partial charge is 0.0729 e. The Balaban J connectivity index is 1.79. The minimum atomic E-state index is 0.00970. The zero-order valence-electron chi connectivity index (χ0n) is 12.5. The molecule has 2 aliphatic heterocycles. The van der Waals surface area contributed by atoms with E-state index in [9.17, 15) is 0 Å². The van der Waals surface area contributed by atoms with Crippen LogP contribution in [0.5, 0.6) is 0 Å². The maximum atomic E-state index is 6.34. The van der Waals surface area contributed by atoms with Crippen molar-refractivity contribution in [1.82, 2.24) is 10.3 Å². The molecule has 2 aliphatic rings. The number of halogens is 1. The van der Waals surface area contributed by atoms with Gasteiger partial charge in [-0.25, -0.2) is 0 Å². The molecular weight excluding hydrogens is 288 g/mol. The molecule has 2 unspecified atom stereocenters. The van der Waals surface area contributed by atoms with Crippen LogP contribution in [0.3, 0.4) is 0 Å². The van der Waals surface area contributed by atoms with Crippen LogP contribution in [-0.2, 0) is 9.47 Å². The summed E-state index contributed by atoms with van der Waals surface area (Å²) in [6.07, 6.45) is 7.68. The van der Waals surface area contributed by atoms with E-state index in [1.807, 2.05) is 19.3 Å². The van der Waals surface area contributed by atoms with E-state index in [-0.39, 0.29) is 11.6 Å². The average Bonchev–Trinajstić information content (AvgIpc) is 2.51. The summed E-state index contributed by atoms with van der Waals surface area (Å²) in [6, 6.07) is 2.28. The molecule has 3 rings (SSSR count). The summed E-state index contributed by atoms with van der Waals surface area (Å²) in [5.41, 5.74) is 1.15. The molecule has 0 bridgehead atoms. The first-order valence-corrected chi connectivity index (χ1v) is 8.10. The molecule has 3 heterocycles. The predicted molar refractivity (Wildman–Crippen MR) is 82.5 cm³/mol. The Morgan fingerprint density at radius 3 is 2.90 bits per heavy atom. The predicted octanol–water partition coefficient (Wildman–Crippen LogP) is 2.97. The first kappa shape index (κ1) is 15.2. The Kier molecular flexibility index (Phi) is 4.79. The number of ether oxygens (including phenoxy) is 2. The third kappa shape index (κ3) is 3.24. The molecule has 0 aromatic carbocycles. The van der Waals surface area contributed by atoms with Crippen LogP contribution in [0.4, 0.5) is 0 Å². The molecule has 5 heteroatoms. The third-order valence-corrected chi connectivity index (χ3v) is 5.17. The van der Waals surface area contributed by atoms with Crippen molar-refractivity contribution in [1.29, 1.82) is 0 Å². The summed E-state index contributed by atoms with van der Waals surface area (Å²) >= 11 is 6.34. The monoisotopic (exact) mass is 310 g/mol. The molecule has 4 nitrogen and oxygen atoms in total. The van der Waals surface area contributed by atoms with Gasteiger partial charge in [0, 0.05) is 38.3 Å². The minimum absolute atomic E-state index is 0.00970. The van der Waals surface area contributed by atoms with Crippen LogP contribution >= 0.6 is 11.6 Å². The topological polar surface area (TPSA) is 43.4 Å². The van der Waals surface area contributed by atoms with Gasteiger partial charge in [-0.3, -0.25) is 4.98 Å². The third-order valence-electron chi connectivity index (χ3n) is 4.86. The van der Waals surface area contributed by atoms with Crippen LogP contribution in [0.1, 0.15) is 37.3 Å². The number of hydrogen-bond donors (Lipinski definition) is 1. The molecular formula is C16H23ClN2O2. The van der Waals surface area contributed by atoms with Crippen molar-refractivity contribution in [3.8, 4) is 0 Å². The van der Waals surface area contributed by atoms with E-state index >= 15 is 0 Å². The van der Waals surface area contributed by atoms with Crippen molar-refractivity contribution in [3.63, 3.8) is 0 Å². The molecule has 2 saturated heterocycles. The van der Waals surface area contributed by atoms with Crippen molar-refractivity contribution >= 4 is 11.6 Å². The summed E-state index contributed by atoms with van der Waals surface area (Å²) in [4.78, 5) is 4.09. The van der Waals surface area contributed by atoms with Gasteiger partial charge in [-0.15, -0.1) is 0 Å². The normalized spacial score (nSPS) is 26.7. The molecule has 1 aromatic rings. The lowest BCUT2D eigenvalue weighted by Gasteiger charge is -2.45. The first-order chi connectivity index (χ1) is 10.2. The van der Waals surface area contributed by atoms with E-state index < -0.39 is 0 Å². The highest BCUT2D eigenvalue weighted by Crippen LogP contribution is 2.42. The van der Waals surface area contributed by atoms with Crippen molar-refractivity contribution in [3.05, 3.63) is 29.0 Å². The number of aromatic nitrogens is 1. The molecule has 0 amide bonds. The number of nitrogens with one attached hydrogen (secondary N) is 1. The van der Waals surface area contributed by atoms with Crippen molar-refractivity contribution in [2.24, 2.45) is 5.92 Å². The number of nitrogens with zero attached hydrogens (tertiary/aromatic N) is 1. The van der Waals surface area contributed by atoms with Gasteiger partial charge in [-0.2, -0.15) is 0 Å². The van der Waals surface area contributed by atoms with E-state index in [0.29, 0.717) is 5.92 Å². The largest absolute Gasteiger partial charge is 0.381 e. The first-order valence-electron chi connectivity index (χ1n) is 7.72. The van der Waals surface area contributed by atoms with E-state index in [1.165, 1.54) is 0 Å². The maximum Gasteiger partial charge on any atom is 0.0729 e. The van der Waals surface area contributed by atoms with Crippen LogP contribution in [0, 0.1) is 5.92 Å². The molecule has 116 valence electrons. The summed E-state index contributed by atoms with van der Waals surface area (Å²) in [7, 11) is 2.01. The second-order valence-electron chi connectivity index (χ2n) is 6.06. The van der Waals surface area contributed by atoms with Gasteiger partial charge in [0.15, 0.2) is 0 Å². The van der Waals surface area contributed by atoms with Gasteiger partial charge in [0.25, 0.3) is 0 Å². The van der Waals surface area contributed by atoms with E-state index in [4.69, 9.17) is 21.1 Å². The maximum absolute atomic E-state index is 6.34. The zero-order chi connectivity index (χ0) is 14.7. The summed E-state index contributed by atoms with van der Waals surface area (Å²) < 4.78 is 11.6. The SMILES string of the molecule is CNC(c1ccncc1Cl)C1CCOC2(CCOCC2)C1. The standard InChI is InChI=1S/C16H23ClN2O2/c1-18-15(13-2-6-19-11-14(13)17)12-3-7-21-16(10-12)4-8-20-9-5-16/h2,6,11-12,15,18H,3-5,7-10H2,1H3. The molecule has 0 radical (unpaired) electrons. The fourth-order valence-electron chi connectivity index (χ4n) is 3.73. The highest BCUT2D eigenvalue weighted by Gasteiger charge is 2.41. The zero-order valence-corrected chi connectivity index (χ0v) is 13.2. The van der Waals surface area contributed by atoms with Gasteiger partial charge in [0.2, 0.25) is 0 Å². The molecule has 0 aliphatic carbocycles. The second-order valence-corrected chi connectivity index (χ2v) is 6.47. The number of pyridine rings is 1. The van der Waals surface area contributed by atoms with Gasteiger partial charge < -0.3 is 14.8 Å². The highest BCUT2D eigenvalue weighted by atomic mass is 35.5. The second kappa shape index (κ2) is 6.61. The molecule has 2 atom stereocenters. The van der Waals surface area contributed by atoms with Gasteiger partial charge in [0.1, 0.15) is 0 Å². The number of rotatable bonds is 3. The van der Waals surface area contributed by atoms with Crippen LogP contribution < -0.4 is 5.32 Å². The summed E-state index contributed by atoms with van der Waals surface area (Å²) in [6.45, 7) is 2.45. The van der Waals surface area contributed by atoms with Crippen molar-refractivity contribution in [2.45, 2.75) is 37.3 Å². The van der Waals surface area contributed by atoms with Crippen LogP contribution in [0.15, 0.2) is 18.5 Å². The Hall–Kier alpha value is -0.680. The molecule has 21 heavy (non-hydrogen) atoms. The minimum Gasteiger partial charge on any atom is -0.381 e. The van der Waals surface area contributed by atoms with Gasteiger partial charge in [-0.1, -0.05) is 11.6 Å². The Morgan fingerprint density at radius 1 is 1.38 bits per heavy atom. The van der Waals surface area contributed by atoms with Crippen LogP contribution in [0.25, 0.3) is 0 Å². The van der Waals surface area contributed by atoms with Crippen molar-refractivity contribution < 1.29 is 9.47 Å². The molecule has 1 spiro atoms. The Bertz CT molecular complexity index is 472. The summed E-state index contributed by atoms with van der Waals surface area (Å²) in [5, 5.41) is 4.19. The van der Waals surface area contributed by atoms with Gasteiger partial charge in [-0.05, 0) is 50.3 Å². The van der Waals surface area contributed by atoms with Crippen molar-refractivity contribution in [2.75, 3.05) is 26.9 Å². The van der Waals surface area contributed by atoms with E-state index in [1.54, 1.807) is 6.20 Å². The fraction of sp³-hybridized carbons (Fsp3) is 0.688. The quantitative estimate of drug-likeness (QED) is 0.932. The average molecular weight is 311 g/mol. The molecule has 2 fully saturated rings. The highest BCUT2D eigenvalue weighted by molar-refractivity contribution is 6.31. The molecule has 1 aromatic heterocycles. The molecule has 0 saturated carbocycles. The van der Waals surface area contributed by atoms with E-state index in [2.05, 4.69) is 10.3 Å². The Labute approximate surface area is 131 Å². The number of hydrogen-bond acceptors (Lipinski definition) is 4. The lowest BCUT2D eigenvalue weighted by molar-refractivity contribution is -0.150. The van der Waals surface area contributed by atoms with E-state index in [0.717, 1.165) is 56.1 Å². The Morgan fingerprint density at radius 2 is 2.19 bits per heavy atom. The van der Waals surface area contributed by atoms with Crippen LogP contribution in [-0.4, -0.2) is 37.5 Å². The lowest BCUT2D eigenvalue weighted by atomic mass is 9.76. The lowest BCUT2D eigenvalue weighted by Crippen LogP contribution is -2.46. The van der Waals surface area contributed by atoms with Crippen LogP contribution in [0.2, 0.25) is 5.02 Å². The molecule has 1 N–H and O–H groups in total. The van der Waals surface area contributed by atoms with Gasteiger partial charge in [0.05, 0.1) is 10.6 Å². The summed E-state index contributed by atoms with van der Waals surface area (Å²) in [5.74, 6) is 0.529. The fourth-order valence-corrected chi connectivity index (χ4v) is 3.96. The van der Waals surface area contributed by atoms with Gasteiger partial charge >= 0.3 is 0 Å².